The van der Waals surface area contributed by atoms with Gasteiger partial charge in [0.2, 0.25) is 5.91 Å². The number of fused-ring (bicyclic) bond motifs is 1. The molecule has 0 fully saturated rings. The van der Waals surface area contributed by atoms with Crippen LogP contribution in [0.15, 0.2) is 42.5 Å². The minimum absolute atomic E-state index is 0.0756. The lowest BCUT2D eigenvalue weighted by atomic mass is 10.1. The largest absolute Gasteiger partial charge is 0.497 e. The van der Waals surface area contributed by atoms with Crippen molar-refractivity contribution >= 4 is 28.8 Å². The SMILES string of the molecule is COc1ccc(-c2cc3nc(C)c(CCC(=O)Nc4cc(Cl)ccc4C)c(C)n3n2)c(OC)c1. The second-order valence-corrected chi connectivity index (χ2v) is 8.57. The molecule has 0 bridgehead atoms. The summed E-state index contributed by atoms with van der Waals surface area (Å²) in [5.74, 6) is 1.31. The number of aryl methyl sites for hydroxylation is 3. The van der Waals surface area contributed by atoms with Crippen LogP contribution in [0.3, 0.4) is 0 Å². The van der Waals surface area contributed by atoms with E-state index in [2.05, 4.69) is 5.32 Å². The van der Waals surface area contributed by atoms with Gasteiger partial charge in [0.25, 0.3) is 0 Å². The molecule has 0 unspecified atom stereocenters. The van der Waals surface area contributed by atoms with Crippen LogP contribution in [-0.4, -0.2) is 34.7 Å². The molecule has 8 heteroatoms. The van der Waals surface area contributed by atoms with E-state index in [0.717, 1.165) is 45.1 Å². The van der Waals surface area contributed by atoms with Crippen molar-refractivity contribution in [2.24, 2.45) is 0 Å². The van der Waals surface area contributed by atoms with Crippen molar-refractivity contribution in [3.05, 3.63) is 70.0 Å². The zero-order valence-corrected chi connectivity index (χ0v) is 20.7. The number of aromatic nitrogens is 3. The number of halogens is 1. The van der Waals surface area contributed by atoms with Gasteiger partial charge < -0.3 is 14.8 Å². The summed E-state index contributed by atoms with van der Waals surface area (Å²) >= 11 is 6.07. The number of hydrogen-bond donors (Lipinski definition) is 1. The minimum Gasteiger partial charge on any atom is -0.497 e. The molecule has 0 aliphatic carbocycles. The number of amides is 1. The molecule has 0 aliphatic rings. The summed E-state index contributed by atoms with van der Waals surface area (Å²) in [7, 11) is 3.24. The number of hydrogen-bond acceptors (Lipinski definition) is 5. The lowest BCUT2D eigenvalue weighted by Crippen LogP contribution is -2.15. The van der Waals surface area contributed by atoms with Crippen molar-refractivity contribution in [3.63, 3.8) is 0 Å². The normalized spacial score (nSPS) is 11.0. The maximum Gasteiger partial charge on any atom is 0.224 e. The fraction of sp³-hybridized carbons (Fsp3) is 0.269. The van der Waals surface area contributed by atoms with E-state index in [0.29, 0.717) is 29.4 Å². The number of nitrogens with one attached hydrogen (secondary N) is 1. The first-order chi connectivity index (χ1) is 16.3. The van der Waals surface area contributed by atoms with Gasteiger partial charge in [-0.05, 0) is 62.6 Å². The fourth-order valence-corrected chi connectivity index (χ4v) is 4.18. The zero-order chi connectivity index (χ0) is 24.4. The molecule has 1 amide bonds. The number of methoxy groups -OCH3 is 2. The van der Waals surface area contributed by atoms with Gasteiger partial charge in [-0.1, -0.05) is 17.7 Å². The molecular formula is C26H27ClN4O3. The summed E-state index contributed by atoms with van der Waals surface area (Å²) < 4.78 is 12.7. The monoisotopic (exact) mass is 478 g/mol. The minimum atomic E-state index is -0.0756. The third-order valence-corrected chi connectivity index (χ3v) is 6.16. The Balaban J connectivity index is 1.59. The molecule has 0 radical (unpaired) electrons. The maximum atomic E-state index is 12.6. The van der Waals surface area contributed by atoms with Crippen LogP contribution in [0.4, 0.5) is 5.69 Å². The van der Waals surface area contributed by atoms with Crippen molar-refractivity contribution in [2.75, 3.05) is 19.5 Å². The number of carbonyl (C=O) groups is 1. The van der Waals surface area contributed by atoms with Gasteiger partial charge in [0.15, 0.2) is 5.65 Å². The molecule has 4 aromatic rings. The Hall–Kier alpha value is -3.58. The van der Waals surface area contributed by atoms with Gasteiger partial charge in [0.05, 0.1) is 19.9 Å². The summed E-state index contributed by atoms with van der Waals surface area (Å²) in [6.07, 6.45) is 0.869. The van der Waals surface area contributed by atoms with Crippen molar-refractivity contribution in [2.45, 2.75) is 33.6 Å². The summed E-state index contributed by atoms with van der Waals surface area (Å²) in [4.78, 5) is 17.4. The molecule has 2 aromatic heterocycles. The molecule has 7 nitrogen and oxygen atoms in total. The molecule has 4 rings (SSSR count). The smallest absolute Gasteiger partial charge is 0.224 e. The van der Waals surface area contributed by atoms with E-state index in [9.17, 15) is 4.79 Å². The zero-order valence-electron chi connectivity index (χ0n) is 19.9. The highest BCUT2D eigenvalue weighted by Gasteiger charge is 2.17. The van der Waals surface area contributed by atoms with Gasteiger partial charge in [-0.3, -0.25) is 4.79 Å². The third-order valence-electron chi connectivity index (χ3n) is 5.92. The first-order valence-corrected chi connectivity index (χ1v) is 11.3. The molecule has 0 spiro atoms. The number of ether oxygens (including phenoxy) is 2. The topological polar surface area (TPSA) is 77.8 Å². The number of carbonyl (C=O) groups excluding carboxylic acids is 1. The van der Waals surface area contributed by atoms with E-state index >= 15 is 0 Å². The average molecular weight is 479 g/mol. The highest BCUT2D eigenvalue weighted by molar-refractivity contribution is 6.31. The fourth-order valence-electron chi connectivity index (χ4n) is 4.01. The summed E-state index contributed by atoms with van der Waals surface area (Å²) in [5.41, 5.74) is 6.87. The molecule has 0 atom stereocenters. The number of anilines is 1. The molecule has 34 heavy (non-hydrogen) atoms. The molecule has 0 saturated carbocycles. The molecule has 0 aliphatic heterocycles. The Bertz CT molecular complexity index is 1380. The van der Waals surface area contributed by atoms with Crippen LogP contribution in [0.5, 0.6) is 11.5 Å². The van der Waals surface area contributed by atoms with Gasteiger partial charge in [0, 0.05) is 46.2 Å². The number of benzene rings is 2. The molecule has 1 N–H and O–H groups in total. The van der Waals surface area contributed by atoms with E-state index < -0.39 is 0 Å². The second-order valence-electron chi connectivity index (χ2n) is 8.13. The number of nitrogens with zero attached hydrogens (tertiary/aromatic N) is 3. The molecular weight excluding hydrogens is 452 g/mol. The van der Waals surface area contributed by atoms with Gasteiger partial charge in [0.1, 0.15) is 11.5 Å². The van der Waals surface area contributed by atoms with Gasteiger partial charge in [-0.2, -0.15) is 5.10 Å². The lowest BCUT2D eigenvalue weighted by Gasteiger charge is -2.12. The van der Waals surface area contributed by atoms with Crippen LogP contribution >= 0.6 is 11.6 Å². The maximum absolute atomic E-state index is 12.6. The Morgan fingerprint density at radius 3 is 2.59 bits per heavy atom. The van der Waals surface area contributed by atoms with E-state index in [1.54, 1.807) is 26.4 Å². The Morgan fingerprint density at radius 1 is 1.06 bits per heavy atom. The van der Waals surface area contributed by atoms with Crippen molar-refractivity contribution in [3.8, 4) is 22.8 Å². The predicted octanol–water partition coefficient (Wildman–Crippen LogP) is 5.56. The molecule has 176 valence electrons. The third kappa shape index (κ3) is 4.70. The lowest BCUT2D eigenvalue weighted by molar-refractivity contribution is -0.116. The first kappa shape index (κ1) is 23.6. The first-order valence-electron chi connectivity index (χ1n) is 10.9. The van der Waals surface area contributed by atoms with E-state index in [-0.39, 0.29) is 5.91 Å². The quantitative estimate of drug-likeness (QED) is 0.376. The van der Waals surface area contributed by atoms with Crippen molar-refractivity contribution in [1.82, 2.24) is 14.6 Å². The predicted molar refractivity (Wildman–Crippen MR) is 134 cm³/mol. The highest BCUT2D eigenvalue weighted by atomic mass is 35.5. The van der Waals surface area contributed by atoms with Crippen LogP contribution in [0.1, 0.15) is 28.9 Å². The average Bonchev–Trinajstić information content (AvgIpc) is 3.24. The molecule has 0 saturated heterocycles. The second kappa shape index (κ2) is 9.73. The number of rotatable bonds is 7. The van der Waals surface area contributed by atoms with Gasteiger partial charge in [-0.15, -0.1) is 0 Å². The van der Waals surface area contributed by atoms with Crippen molar-refractivity contribution < 1.29 is 14.3 Å². The Kier molecular flexibility index (Phi) is 6.75. The van der Waals surface area contributed by atoms with Crippen LogP contribution in [-0.2, 0) is 11.2 Å². The van der Waals surface area contributed by atoms with Crippen LogP contribution in [0.2, 0.25) is 5.02 Å². The van der Waals surface area contributed by atoms with Gasteiger partial charge >= 0.3 is 0 Å². The van der Waals surface area contributed by atoms with Crippen LogP contribution in [0, 0.1) is 20.8 Å². The van der Waals surface area contributed by atoms with E-state index in [4.69, 9.17) is 31.2 Å². The van der Waals surface area contributed by atoms with Crippen molar-refractivity contribution in [1.29, 1.82) is 0 Å². The van der Waals surface area contributed by atoms with Crippen LogP contribution < -0.4 is 14.8 Å². The summed E-state index contributed by atoms with van der Waals surface area (Å²) in [6.45, 7) is 5.89. The summed E-state index contributed by atoms with van der Waals surface area (Å²) in [5, 5.41) is 8.33. The molecule has 2 aromatic carbocycles. The molecule has 2 heterocycles. The Labute approximate surface area is 203 Å². The standard InChI is InChI=1S/C26H27ClN4O3/c1-15-6-7-18(27)12-22(15)29-26(32)11-10-20-16(2)28-25-14-23(30-31(25)17(20)3)21-9-8-19(33-4)13-24(21)34-5/h6-9,12-14H,10-11H2,1-5H3,(H,29,32). The van der Waals surface area contributed by atoms with E-state index in [1.807, 2.05) is 55.6 Å². The summed E-state index contributed by atoms with van der Waals surface area (Å²) in [6, 6.07) is 13.0. The van der Waals surface area contributed by atoms with Crippen LogP contribution in [0.25, 0.3) is 16.9 Å². The van der Waals surface area contributed by atoms with Gasteiger partial charge in [-0.25, -0.2) is 9.50 Å². The van der Waals surface area contributed by atoms with E-state index in [1.165, 1.54) is 0 Å². The highest BCUT2D eigenvalue weighted by Crippen LogP contribution is 2.33. The Morgan fingerprint density at radius 2 is 1.85 bits per heavy atom.